The van der Waals surface area contributed by atoms with Gasteiger partial charge in [-0.1, -0.05) is 6.07 Å². The maximum absolute atomic E-state index is 12.5. The lowest BCUT2D eigenvalue weighted by Gasteiger charge is -2.32. The topological polar surface area (TPSA) is 70.6 Å². The number of hydrogen-bond donors (Lipinski definition) is 0. The standard InChI is InChI=1S/C14H21N3O3S/c1-16(10-12-5-3-7-15-9-12)14(18)13-6-4-8-17(11-13)21(2,19)20/h3,5,7,9,13H,4,6,8,10-11H2,1-2H3. The van der Waals surface area contributed by atoms with Crippen LogP contribution in [0.1, 0.15) is 18.4 Å². The van der Waals surface area contributed by atoms with Crippen molar-refractivity contribution in [3.8, 4) is 0 Å². The van der Waals surface area contributed by atoms with Gasteiger partial charge in [-0.05, 0) is 24.5 Å². The summed E-state index contributed by atoms with van der Waals surface area (Å²) >= 11 is 0. The van der Waals surface area contributed by atoms with E-state index in [2.05, 4.69) is 4.98 Å². The summed E-state index contributed by atoms with van der Waals surface area (Å²) in [5, 5.41) is 0. The van der Waals surface area contributed by atoms with Crippen molar-refractivity contribution >= 4 is 15.9 Å². The summed E-state index contributed by atoms with van der Waals surface area (Å²) in [4.78, 5) is 18.1. The van der Waals surface area contributed by atoms with Crippen LogP contribution in [0.3, 0.4) is 0 Å². The molecule has 6 nitrogen and oxygen atoms in total. The van der Waals surface area contributed by atoms with Gasteiger partial charge in [-0.3, -0.25) is 9.78 Å². The monoisotopic (exact) mass is 311 g/mol. The molecule has 0 saturated carbocycles. The molecule has 1 unspecified atom stereocenters. The Balaban J connectivity index is 1.99. The lowest BCUT2D eigenvalue weighted by molar-refractivity contribution is -0.135. The van der Waals surface area contributed by atoms with Crippen LogP contribution in [0.5, 0.6) is 0 Å². The fourth-order valence-corrected chi connectivity index (χ4v) is 3.51. The van der Waals surface area contributed by atoms with Crippen molar-refractivity contribution in [2.75, 3.05) is 26.4 Å². The van der Waals surface area contributed by atoms with E-state index in [0.29, 0.717) is 13.1 Å². The quantitative estimate of drug-likeness (QED) is 0.821. The zero-order valence-corrected chi connectivity index (χ0v) is 13.2. The molecule has 0 aliphatic carbocycles. The van der Waals surface area contributed by atoms with Gasteiger partial charge in [0.05, 0.1) is 12.2 Å². The van der Waals surface area contributed by atoms with Crippen molar-refractivity contribution in [1.82, 2.24) is 14.2 Å². The van der Waals surface area contributed by atoms with E-state index in [1.807, 2.05) is 12.1 Å². The summed E-state index contributed by atoms with van der Waals surface area (Å²) in [6, 6.07) is 3.75. The number of sulfonamides is 1. The molecule has 1 aliphatic heterocycles. The van der Waals surface area contributed by atoms with Gasteiger partial charge in [0, 0.05) is 39.1 Å². The van der Waals surface area contributed by atoms with E-state index >= 15 is 0 Å². The van der Waals surface area contributed by atoms with E-state index < -0.39 is 10.0 Å². The highest BCUT2D eigenvalue weighted by atomic mass is 32.2. The Labute approximate surface area is 125 Å². The highest BCUT2D eigenvalue weighted by molar-refractivity contribution is 7.88. The molecule has 1 saturated heterocycles. The first-order valence-corrected chi connectivity index (χ1v) is 8.82. The Morgan fingerprint density at radius 2 is 2.29 bits per heavy atom. The maximum atomic E-state index is 12.5. The number of hydrogen-bond acceptors (Lipinski definition) is 4. The molecule has 21 heavy (non-hydrogen) atoms. The Kier molecular flexibility index (Phi) is 4.95. The summed E-state index contributed by atoms with van der Waals surface area (Å²) in [6.45, 7) is 1.28. The minimum atomic E-state index is -3.22. The van der Waals surface area contributed by atoms with Gasteiger partial charge in [-0.25, -0.2) is 12.7 Å². The molecule has 0 radical (unpaired) electrons. The SMILES string of the molecule is CN(Cc1cccnc1)C(=O)C1CCCN(S(C)(=O)=O)C1. The first kappa shape index (κ1) is 15.9. The lowest BCUT2D eigenvalue weighted by Crippen LogP contribution is -2.45. The molecule has 0 aromatic carbocycles. The molecular formula is C14H21N3O3S. The molecule has 1 aliphatic rings. The Morgan fingerprint density at radius 1 is 1.52 bits per heavy atom. The van der Waals surface area contributed by atoms with Gasteiger partial charge in [0.25, 0.3) is 0 Å². The summed E-state index contributed by atoms with van der Waals surface area (Å²) in [5.41, 5.74) is 0.962. The van der Waals surface area contributed by atoms with Crippen LogP contribution < -0.4 is 0 Å². The number of aromatic nitrogens is 1. The fraction of sp³-hybridized carbons (Fsp3) is 0.571. The molecule has 2 rings (SSSR count). The Morgan fingerprint density at radius 3 is 2.90 bits per heavy atom. The third-order valence-electron chi connectivity index (χ3n) is 3.72. The fourth-order valence-electron chi connectivity index (χ4n) is 2.60. The number of piperidine rings is 1. The molecule has 1 aromatic rings. The summed E-state index contributed by atoms with van der Waals surface area (Å²) in [6.07, 6.45) is 6.08. The van der Waals surface area contributed by atoms with E-state index in [1.54, 1.807) is 24.3 Å². The number of pyridine rings is 1. The van der Waals surface area contributed by atoms with E-state index in [9.17, 15) is 13.2 Å². The Hall–Kier alpha value is -1.47. The number of amides is 1. The Bertz CT molecular complexity index is 589. The number of carbonyl (C=O) groups is 1. The zero-order valence-electron chi connectivity index (χ0n) is 12.4. The van der Waals surface area contributed by atoms with Gasteiger partial charge < -0.3 is 4.90 Å². The molecule has 7 heteroatoms. The molecule has 2 heterocycles. The average Bonchev–Trinajstić information content (AvgIpc) is 2.46. The summed E-state index contributed by atoms with van der Waals surface area (Å²) in [7, 11) is -1.48. The molecule has 1 atom stereocenters. The second-order valence-corrected chi connectivity index (χ2v) is 7.50. The van der Waals surface area contributed by atoms with Crippen LogP contribution in [0.25, 0.3) is 0 Å². The molecular weight excluding hydrogens is 290 g/mol. The number of carbonyl (C=O) groups excluding carboxylic acids is 1. The van der Waals surface area contributed by atoms with E-state index in [1.165, 1.54) is 10.6 Å². The highest BCUT2D eigenvalue weighted by Crippen LogP contribution is 2.21. The van der Waals surface area contributed by atoms with Gasteiger partial charge in [0.15, 0.2) is 0 Å². The highest BCUT2D eigenvalue weighted by Gasteiger charge is 2.31. The molecule has 116 valence electrons. The zero-order chi connectivity index (χ0) is 15.5. The van der Waals surface area contributed by atoms with Gasteiger partial charge in [0.1, 0.15) is 0 Å². The largest absolute Gasteiger partial charge is 0.341 e. The van der Waals surface area contributed by atoms with Crippen molar-refractivity contribution in [2.24, 2.45) is 5.92 Å². The van der Waals surface area contributed by atoms with Crippen LogP contribution in [-0.2, 0) is 21.4 Å². The second kappa shape index (κ2) is 6.53. The van der Waals surface area contributed by atoms with Crippen molar-refractivity contribution in [2.45, 2.75) is 19.4 Å². The predicted octanol–water partition coefficient (Wildman–Crippen LogP) is 0.712. The minimum Gasteiger partial charge on any atom is -0.341 e. The minimum absolute atomic E-state index is 0.00722. The molecule has 0 spiro atoms. The van der Waals surface area contributed by atoms with Gasteiger partial charge >= 0.3 is 0 Å². The smallest absolute Gasteiger partial charge is 0.227 e. The van der Waals surface area contributed by atoms with Crippen LogP contribution in [0, 0.1) is 5.92 Å². The van der Waals surface area contributed by atoms with Crippen molar-refractivity contribution in [3.63, 3.8) is 0 Å². The molecule has 0 bridgehead atoms. The first-order chi connectivity index (χ1) is 9.88. The molecule has 0 N–H and O–H groups in total. The van der Waals surface area contributed by atoms with Crippen LogP contribution in [0.4, 0.5) is 0 Å². The van der Waals surface area contributed by atoms with Crippen LogP contribution in [0.2, 0.25) is 0 Å². The third-order valence-corrected chi connectivity index (χ3v) is 4.99. The first-order valence-electron chi connectivity index (χ1n) is 6.97. The lowest BCUT2D eigenvalue weighted by atomic mass is 9.98. The van der Waals surface area contributed by atoms with Crippen LogP contribution >= 0.6 is 0 Å². The number of nitrogens with zero attached hydrogens (tertiary/aromatic N) is 3. The number of rotatable bonds is 4. The van der Waals surface area contributed by atoms with Crippen LogP contribution in [-0.4, -0.2) is 54.9 Å². The van der Waals surface area contributed by atoms with E-state index in [4.69, 9.17) is 0 Å². The van der Waals surface area contributed by atoms with Gasteiger partial charge in [0.2, 0.25) is 15.9 Å². The summed E-state index contributed by atoms with van der Waals surface area (Å²) in [5.74, 6) is -0.262. The molecule has 1 fully saturated rings. The van der Waals surface area contributed by atoms with E-state index in [0.717, 1.165) is 18.4 Å². The summed E-state index contributed by atoms with van der Waals surface area (Å²) < 4.78 is 24.6. The normalized spacial score (nSPS) is 20.2. The average molecular weight is 311 g/mol. The maximum Gasteiger partial charge on any atom is 0.227 e. The predicted molar refractivity (Wildman–Crippen MR) is 79.9 cm³/mol. The van der Waals surface area contributed by atoms with Crippen molar-refractivity contribution < 1.29 is 13.2 Å². The second-order valence-electron chi connectivity index (χ2n) is 5.52. The van der Waals surface area contributed by atoms with Gasteiger partial charge in [-0.2, -0.15) is 0 Å². The van der Waals surface area contributed by atoms with Gasteiger partial charge in [-0.15, -0.1) is 0 Å². The molecule has 1 aromatic heterocycles. The van der Waals surface area contributed by atoms with Crippen molar-refractivity contribution in [3.05, 3.63) is 30.1 Å². The van der Waals surface area contributed by atoms with Crippen LogP contribution in [0.15, 0.2) is 24.5 Å². The molecule has 1 amide bonds. The third kappa shape index (κ3) is 4.25. The van der Waals surface area contributed by atoms with Crippen molar-refractivity contribution in [1.29, 1.82) is 0 Å². The van der Waals surface area contributed by atoms with E-state index in [-0.39, 0.29) is 18.4 Å².